The fraction of sp³-hybridized carbons (Fsp3) is 0.231. The average Bonchev–Trinajstić information content (AvgIpc) is 3.52. The molecule has 5 aromatic rings. The number of thiophene rings is 1. The second-order valence-electron chi connectivity index (χ2n) is 8.46. The van der Waals surface area contributed by atoms with E-state index >= 15 is 0 Å². The second-order valence-corrected chi connectivity index (χ2v) is 10.4. The molecule has 1 aromatic carbocycles. The van der Waals surface area contributed by atoms with Crippen LogP contribution in [0.4, 0.5) is 0 Å². The zero-order valence-electron chi connectivity index (χ0n) is 19.4. The summed E-state index contributed by atoms with van der Waals surface area (Å²) in [4.78, 5) is 36.1. The van der Waals surface area contributed by atoms with Crippen LogP contribution in [-0.2, 0) is 17.9 Å². The molecule has 1 amide bonds. The molecule has 9 heteroatoms. The quantitative estimate of drug-likeness (QED) is 0.231. The van der Waals surface area contributed by atoms with E-state index in [2.05, 4.69) is 36.3 Å². The van der Waals surface area contributed by atoms with E-state index in [4.69, 9.17) is 9.40 Å². The van der Waals surface area contributed by atoms with Crippen molar-refractivity contribution in [3.63, 3.8) is 0 Å². The number of rotatable bonds is 8. The lowest BCUT2D eigenvalue weighted by molar-refractivity contribution is -0.118. The summed E-state index contributed by atoms with van der Waals surface area (Å²) in [5.41, 5.74) is 2.76. The van der Waals surface area contributed by atoms with E-state index in [1.807, 2.05) is 24.3 Å². The summed E-state index contributed by atoms with van der Waals surface area (Å²) in [5, 5.41) is 4.20. The number of carbonyl (C=O) groups excluding carboxylic acids is 1. The van der Waals surface area contributed by atoms with E-state index in [-0.39, 0.29) is 17.2 Å². The third-order valence-electron chi connectivity index (χ3n) is 5.68. The lowest BCUT2D eigenvalue weighted by Gasteiger charge is -2.13. The first kappa shape index (κ1) is 23.3. The monoisotopic (exact) mass is 504 g/mol. The molecule has 1 N–H and O–H groups in total. The van der Waals surface area contributed by atoms with E-state index in [1.54, 1.807) is 29.2 Å². The molecule has 0 aliphatic carbocycles. The van der Waals surface area contributed by atoms with Crippen molar-refractivity contribution >= 4 is 49.4 Å². The van der Waals surface area contributed by atoms with Crippen LogP contribution in [0.1, 0.15) is 36.7 Å². The van der Waals surface area contributed by atoms with Gasteiger partial charge in [-0.05, 0) is 41.3 Å². The molecule has 0 atom stereocenters. The van der Waals surface area contributed by atoms with Crippen molar-refractivity contribution in [3.05, 3.63) is 88.2 Å². The molecule has 35 heavy (non-hydrogen) atoms. The van der Waals surface area contributed by atoms with E-state index in [0.29, 0.717) is 40.1 Å². The fourth-order valence-corrected chi connectivity index (χ4v) is 5.61. The number of carbonyl (C=O) groups is 1. The molecule has 0 aliphatic heterocycles. The molecule has 0 bridgehead atoms. The number of thioether (sulfide) groups is 1. The molecule has 0 radical (unpaired) electrons. The zero-order chi connectivity index (χ0) is 24.4. The Balaban J connectivity index is 1.47. The highest BCUT2D eigenvalue weighted by Gasteiger charge is 2.18. The van der Waals surface area contributed by atoms with Crippen LogP contribution in [0.2, 0.25) is 0 Å². The summed E-state index contributed by atoms with van der Waals surface area (Å²) < 4.78 is 7.50. The number of pyridine rings is 1. The first-order valence-electron chi connectivity index (χ1n) is 11.3. The molecule has 7 nitrogen and oxygen atoms in total. The first-order chi connectivity index (χ1) is 17.0. The summed E-state index contributed by atoms with van der Waals surface area (Å²) in [6.45, 7) is 4.99. The minimum atomic E-state index is -0.162. The molecule has 0 saturated carbocycles. The van der Waals surface area contributed by atoms with Crippen molar-refractivity contribution in [2.24, 2.45) is 0 Å². The van der Waals surface area contributed by atoms with Gasteiger partial charge in [0.1, 0.15) is 15.3 Å². The summed E-state index contributed by atoms with van der Waals surface area (Å²) in [6.07, 6.45) is 3.29. The predicted molar refractivity (Wildman–Crippen MR) is 140 cm³/mol. The third kappa shape index (κ3) is 5.01. The number of nitrogens with zero attached hydrogens (tertiary/aromatic N) is 3. The number of benzene rings is 1. The van der Waals surface area contributed by atoms with Crippen LogP contribution in [0.3, 0.4) is 0 Å². The van der Waals surface area contributed by atoms with Crippen LogP contribution in [0.15, 0.2) is 75.4 Å². The highest BCUT2D eigenvalue weighted by molar-refractivity contribution is 7.99. The van der Waals surface area contributed by atoms with Gasteiger partial charge >= 0.3 is 0 Å². The summed E-state index contributed by atoms with van der Waals surface area (Å²) >= 11 is 2.61. The van der Waals surface area contributed by atoms with Gasteiger partial charge in [-0.2, -0.15) is 0 Å². The lowest BCUT2D eigenvalue weighted by Crippen LogP contribution is -2.26. The topological polar surface area (TPSA) is 90.0 Å². The predicted octanol–water partition coefficient (Wildman–Crippen LogP) is 5.18. The van der Waals surface area contributed by atoms with E-state index in [9.17, 15) is 9.59 Å². The Labute approximate surface area is 210 Å². The van der Waals surface area contributed by atoms with E-state index in [0.717, 1.165) is 15.8 Å². The number of hydrogen-bond donors (Lipinski definition) is 1. The summed E-state index contributed by atoms with van der Waals surface area (Å²) in [7, 11) is 0. The molecule has 0 saturated heterocycles. The van der Waals surface area contributed by atoms with Gasteiger partial charge < -0.3 is 9.73 Å². The van der Waals surface area contributed by atoms with Crippen LogP contribution in [0.5, 0.6) is 0 Å². The van der Waals surface area contributed by atoms with Gasteiger partial charge in [0.25, 0.3) is 5.56 Å². The Morgan fingerprint density at radius 2 is 2.00 bits per heavy atom. The van der Waals surface area contributed by atoms with Gasteiger partial charge in [-0.25, -0.2) is 9.97 Å². The molecule has 4 heterocycles. The number of hydrogen-bond acceptors (Lipinski definition) is 7. The second kappa shape index (κ2) is 10.1. The van der Waals surface area contributed by atoms with Crippen LogP contribution in [0, 0.1) is 0 Å². The Kier molecular flexibility index (Phi) is 6.70. The molecule has 0 fully saturated rings. The van der Waals surface area contributed by atoms with Gasteiger partial charge in [0.05, 0.1) is 30.6 Å². The maximum Gasteiger partial charge on any atom is 0.272 e. The van der Waals surface area contributed by atoms with Crippen molar-refractivity contribution in [2.75, 3.05) is 5.75 Å². The molecule has 0 aliphatic rings. The largest absolute Gasteiger partial charge is 0.467 e. The van der Waals surface area contributed by atoms with E-state index in [1.165, 1.54) is 28.7 Å². The molecular formula is C26H24N4O3S2. The van der Waals surface area contributed by atoms with Gasteiger partial charge in [0.2, 0.25) is 5.91 Å². The number of amides is 1. The summed E-state index contributed by atoms with van der Waals surface area (Å²) in [5.74, 6) is 1.08. The van der Waals surface area contributed by atoms with Crippen molar-refractivity contribution in [1.82, 2.24) is 19.9 Å². The van der Waals surface area contributed by atoms with Crippen molar-refractivity contribution < 1.29 is 9.21 Å². The van der Waals surface area contributed by atoms with Crippen molar-refractivity contribution in [1.29, 1.82) is 0 Å². The van der Waals surface area contributed by atoms with Crippen LogP contribution in [-0.4, -0.2) is 26.2 Å². The standard InChI is InChI=1S/C26H24N4O3S2/c1-16(2)18-9-7-17(8-10-18)14-30-25(32)23-22(20-6-3-11-27-24(20)35-23)29-26(30)34-15-21(31)28-13-19-5-4-12-33-19/h3-12,16H,13-15H2,1-2H3,(H,28,31). The minimum Gasteiger partial charge on any atom is -0.467 e. The van der Waals surface area contributed by atoms with Crippen molar-refractivity contribution in [2.45, 2.75) is 38.0 Å². The molecule has 0 spiro atoms. The smallest absolute Gasteiger partial charge is 0.272 e. The highest BCUT2D eigenvalue weighted by atomic mass is 32.2. The van der Waals surface area contributed by atoms with Gasteiger partial charge in [0.15, 0.2) is 5.16 Å². The average molecular weight is 505 g/mol. The van der Waals surface area contributed by atoms with Crippen LogP contribution >= 0.6 is 23.1 Å². The summed E-state index contributed by atoms with van der Waals surface area (Å²) in [6, 6.07) is 15.6. The molecular weight excluding hydrogens is 480 g/mol. The van der Waals surface area contributed by atoms with Gasteiger partial charge in [-0.1, -0.05) is 49.9 Å². The maximum atomic E-state index is 13.6. The maximum absolute atomic E-state index is 13.6. The lowest BCUT2D eigenvalue weighted by atomic mass is 10.0. The van der Waals surface area contributed by atoms with Gasteiger partial charge in [-0.3, -0.25) is 14.2 Å². The van der Waals surface area contributed by atoms with Crippen LogP contribution in [0.25, 0.3) is 20.4 Å². The Bertz CT molecular complexity index is 1540. The Morgan fingerprint density at radius 1 is 1.17 bits per heavy atom. The molecule has 178 valence electrons. The number of furan rings is 1. The Hall–Kier alpha value is -3.43. The van der Waals surface area contributed by atoms with Crippen molar-refractivity contribution in [3.8, 4) is 0 Å². The fourth-order valence-electron chi connectivity index (χ4n) is 3.76. The highest BCUT2D eigenvalue weighted by Crippen LogP contribution is 2.30. The number of nitrogens with one attached hydrogen (secondary N) is 1. The zero-order valence-corrected chi connectivity index (χ0v) is 21.0. The minimum absolute atomic E-state index is 0.121. The number of fused-ring (bicyclic) bond motifs is 3. The van der Waals surface area contributed by atoms with Gasteiger partial charge in [0, 0.05) is 11.6 Å². The van der Waals surface area contributed by atoms with Crippen LogP contribution < -0.4 is 10.9 Å². The van der Waals surface area contributed by atoms with Gasteiger partial charge in [-0.15, -0.1) is 11.3 Å². The first-order valence-corrected chi connectivity index (χ1v) is 13.1. The normalized spacial score (nSPS) is 11.5. The SMILES string of the molecule is CC(C)c1ccc(Cn2c(SCC(=O)NCc3ccco3)nc3c(sc4ncccc43)c2=O)cc1. The third-order valence-corrected chi connectivity index (χ3v) is 7.74. The molecule has 4 aromatic heterocycles. The molecule has 0 unspecified atom stereocenters. The van der Waals surface area contributed by atoms with E-state index < -0.39 is 0 Å². The Morgan fingerprint density at radius 3 is 2.74 bits per heavy atom. The molecule has 5 rings (SSSR count). The number of aromatic nitrogens is 3.